The van der Waals surface area contributed by atoms with Crippen molar-refractivity contribution >= 4 is 17.2 Å². The second-order valence-electron chi connectivity index (χ2n) is 4.72. The fourth-order valence-corrected chi connectivity index (χ4v) is 2.21. The highest BCUT2D eigenvalue weighted by atomic mass is 32.1. The summed E-state index contributed by atoms with van der Waals surface area (Å²) in [5.41, 5.74) is 6.82. The lowest BCUT2D eigenvalue weighted by molar-refractivity contribution is -0.147. The minimum Gasteiger partial charge on any atom is -0.496 e. The van der Waals surface area contributed by atoms with Crippen LogP contribution in [0.1, 0.15) is 24.5 Å². The van der Waals surface area contributed by atoms with Gasteiger partial charge in [-0.2, -0.15) is 13.2 Å². The number of benzene rings is 1. The fraction of sp³-hybridized carbons (Fsp3) is 0.500. The van der Waals surface area contributed by atoms with E-state index in [4.69, 9.17) is 22.7 Å². The third-order valence-corrected chi connectivity index (χ3v) is 3.14. The van der Waals surface area contributed by atoms with Crippen LogP contribution in [0.2, 0.25) is 0 Å². The molecule has 0 aliphatic heterocycles. The van der Waals surface area contributed by atoms with Crippen LogP contribution in [0.5, 0.6) is 5.75 Å². The molecule has 0 atom stereocenters. The number of nitrogens with zero attached hydrogens (tertiary/aromatic N) is 1. The molecule has 21 heavy (non-hydrogen) atoms. The highest BCUT2D eigenvalue weighted by molar-refractivity contribution is 7.80. The Morgan fingerprint density at radius 2 is 2.05 bits per heavy atom. The molecule has 0 radical (unpaired) electrons. The first-order valence-corrected chi connectivity index (χ1v) is 6.93. The maximum atomic E-state index is 12.6. The first-order chi connectivity index (χ1) is 9.76. The van der Waals surface area contributed by atoms with Gasteiger partial charge in [0.05, 0.1) is 13.7 Å². The number of rotatable bonds is 7. The maximum Gasteiger partial charge on any atom is 0.401 e. The van der Waals surface area contributed by atoms with Crippen LogP contribution in [0.15, 0.2) is 18.2 Å². The van der Waals surface area contributed by atoms with E-state index in [1.807, 2.05) is 6.92 Å². The van der Waals surface area contributed by atoms with E-state index >= 15 is 0 Å². The van der Waals surface area contributed by atoms with Crippen LogP contribution in [0.25, 0.3) is 0 Å². The second kappa shape index (κ2) is 7.61. The van der Waals surface area contributed by atoms with Crippen molar-refractivity contribution in [3.63, 3.8) is 0 Å². The zero-order valence-electron chi connectivity index (χ0n) is 12.0. The van der Waals surface area contributed by atoms with E-state index in [9.17, 15) is 13.2 Å². The molecule has 0 aliphatic rings. The van der Waals surface area contributed by atoms with Gasteiger partial charge in [0.2, 0.25) is 0 Å². The molecule has 0 aliphatic carbocycles. The zero-order chi connectivity index (χ0) is 16.0. The van der Waals surface area contributed by atoms with Crippen LogP contribution in [0.3, 0.4) is 0 Å². The normalized spacial score (nSPS) is 11.7. The molecular formula is C14H19F3N2OS. The molecule has 7 heteroatoms. The smallest absolute Gasteiger partial charge is 0.401 e. The largest absolute Gasteiger partial charge is 0.496 e. The number of halogens is 3. The minimum absolute atomic E-state index is 0.132. The van der Waals surface area contributed by atoms with Gasteiger partial charge in [-0.1, -0.05) is 19.1 Å². The molecule has 0 aromatic heterocycles. The molecular weight excluding hydrogens is 301 g/mol. The summed E-state index contributed by atoms with van der Waals surface area (Å²) in [5.74, 6) is 0.526. The molecule has 0 heterocycles. The van der Waals surface area contributed by atoms with Crippen LogP contribution in [0, 0.1) is 0 Å². The van der Waals surface area contributed by atoms with Crippen LogP contribution in [0.4, 0.5) is 13.2 Å². The van der Waals surface area contributed by atoms with Gasteiger partial charge in [-0.25, -0.2) is 0 Å². The molecule has 0 amide bonds. The summed E-state index contributed by atoms with van der Waals surface area (Å²) < 4.78 is 43.0. The molecule has 0 bridgehead atoms. The quantitative estimate of drug-likeness (QED) is 0.784. The third-order valence-electron chi connectivity index (χ3n) is 2.90. The number of thiocarbonyl (C=S) groups is 1. The zero-order valence-corrected chi connectivity index (χ0v) is 12.9. The number of ether oxygens (including phenoxy) is 1. The van der Waals surface area contributed by atoms with Gasteiger partial charge in [0, 0.05) is 17.7 Å². The topological polar surface area (TPSA) is 38.5 Å². The molecule has 1 aromatic rings. The number of alkyl halides is 3. The SMILES string of the molecule is CCCN(Cc1cc(C(N)=S)ccc1OC)CC(F)(F)F. The van der Waals surface area contributed by atoms with Crippen molar-refractivity contribution in [1.82, 2.24) is 4.90 Å². The lowest BCUT2D eigenvalue weighted by atomic mass is 10.1. The predicted octanol–water partition coefficient (Wildman–Crippen LogP) is 3.10. The van der Waals surface area contributed by atoms with E-state index in [-0.39, 0.29) is 11.5 Å². The summed E-state index contributed by atoms with van der Waals surface area (Å²) in [6.07, 6.45) is -3.60. The molecule has 1 aromatic carbocycles. The van der Waals surface area contributed by atoms with Gasteiger partial charge >= 0.3 is 6.18 Å². The van der Waals surface area contributed by atoms with E-state index < -0.39 is 12.7 Å². The molecule has 118 valence electrons. The standard InChI is InChI=1S/C14H19F3N2OS/c1-3-6-19(9-14(15,16)17)8-11-7-10(13(18)21)4-5-12(11)20-2/h4-5,7H,3,6,8-9H2,1-2H3,(H2,18,21). The number of hydrogen-bond acceptors (Lipinski definition) is 3. The van der Waals surface area contributed by atoms with Gasteiger partial charge < -0.3 is 10.5 Å². The Kier molecular flexibility index (Phi) is 6.42. The first kappa shape index (κ1) is 17.7. The number of hydrogen-bond donors (Lipinski definition) is 1. The predicted molar refractivity (Wildman–Crippen MR) is 80.5 cm³/mol. The highest BCUT2D eigenvalue weighted by Gasteiger charge is 2.30. The van der Waals surface area contributed by atoms with Crippen molar-refractivity contribution < 1.29 is 17.9 Å². The molecule has 0 saturated carbocycles. The Bertz CT molecular complexity index is 492. The first-order valence-electron chi connectivity index (χ1n) is 6.52. The van der Waals surface area contributed by atoms with Crippen LogP contribution >= 0.6 is 12.2 Å². The van der Waals surface area contributed by atoms with Gasteiger partial charge in [0.15, 0.2) is 0 Å². The minimum atomic E-state index is -4.23. The van der Waals surface area contributed by atoms with E-state index in [1.165, 1.54) is 12.0 Å². The highest BCUT2D eigenvalue weighted by Crippen LogP contribution is 2.24. The van der Waals surface area contributed by atoms with Gasteiger partial charge in [0.25, 0.3) is 0 Å². The Labute approximate surface area is 127 Å². The van der Waals surface area contributed by atoms with E-state index in [1.54, 1.807) is 18.2 Å². The third kappa shape index (κ3) is 5.89. The van der Waals surface area contributed by atoms with E-state index in [2.05, 4.69) is 0 Å². The summed E-state index contributed by atoms with van der Waals surface area (Å²) in [6, 6.07) is 5.04. The lowest BCUT2D eigenvalue weighted by Crippen LogP contribution is -2.34. The van der Waals surface area contributed by atoms with E-state index in [0.29, 0.717) is 29.8 Å². The maximum absolute atomic E-state index is 12.6. The fourth-order valence-electron chi connectivity index (χ4n) is 2.08. The summed E-state index contributed by atoms with van der Waals surface area (Å²) in [5, 5.41) is 0. The molecule has 0 unspecified atom stereocenters. The van der Waals surface area contributed by atoms with Crippen molar-refractivity contribution in [2.45, 2.75) is 26.1 Å². The van der Waals surface area contributed by atoms with Crippen molar-refractivity contribution in [2.75, 3.05) is 20.2 Å². The molecule has 0 fully saturated rings. The number of methoxy groups -OCH3 is 1. The van der Waals surface area contributed by atoms with Gasteiger partial charge in [-0.3, -0.25) is 4.90 Å². The number of nitrogens with two attached hydrogens (primary N) is 1. The van der Waals surface area contributed by atoms with Gasteiger partial charge in [-0.15, -0.1) is 0 Å². The van der Waals surface area contributed by atoms with Crippen LogP contribution in [-0.2, 0) is 6.54 Å². The van der Waals surface area contributed by atoms with Gasteiger partial charge in [-0.05, 0) is 31.2 Å². The summed E-state index contributed by atoms with van der Waals surface area (Å²) in [6.45, 7) is 1.36. The average Bonchev–Trinajstić information content (AvgIpc) is 2.36. The Morgan fingerprint density at radius 3 is 2.52 bits per heavy atom. The molecule has 3 nitrogen and oxygen atoms in total. The average molecular weight is 320 g/mol. The van der Waals surface area contributed by atoms with Crippen molar-refractivity contribution in [3.05, 3.63) is 29.3 Å². The molecule has 2 N–H and O–H groups in total. The van der Waals surface area contributed by atoms with E-state index in [0.717, 1.165) is 0 Å². The van der Waals surface area contributed by atoms with Crippen LogP contribution < -0.4 is 10.5 Å². The van der Waals surface area contributed by atoms with Crippen molar-refractivity contribution in [2.24, 2.45) is 5.73 Å². The molecule has 1 rings (SSSR count). The Balaban J connectivity index is 3.00. The summed E-state index contributed by atoms with van der Waals surface area (Å²) >= 11 is 4.90. The van der Waals surface area contributed by atoms with Crippen molar-refractivity contribution in [3.8, 4) is 5.75 Å². The Morgan fingerprint density at radius 1 is 1.38 bits per heavy atom. The Hall–Kier alpha value is -1.34. The van der Waals surface area contributed by atoms with Gasteiger partial charge in [0.1, 0.15) is 10.7 Å². The summed E-state index contributed by atoms with van der Waals surface area (Å²) in [7, 11) is 1.48. The lowest BCUT2D eigenvalue weighted by Gasteiger charge is -2.24. The van der Waals surface area contributed by atoms with Crippen molar-refractivity contribution in [1.29, 1.82) is 0 Å². The monoisotopic (exact) mass is 320 g/mol. The second-order valence-corrected chi connectivity index (χ2v) is 5.16. The van der Waals surface area contributed by atoms with Crippen LogP contribution in [-0.4, -0.2) is 36.3 Å². The molecule has 0 spiro atoms. The molecule has 0 saturated heterocycles. The summed E-state index contributed by atoms with van der Waals surface area (Å²) in [4.78, 5) is 1.54.